The standard InChI is InChI=1S/C28H52O3Si2/c1-13-15-17-23(18-16-14-2)26-24(30-32(9,10)27(3,4)5)19-22(21-29)20-25(26)31-33(11,12)28(6,7)8/h19-21,23H,13-18H2,1-12H3. The summed E-state index contributed by atoms with van der Waals surface area (Å²) in [6.45, 7) is 27.2. The molecular weight excluding hydrogens is 440 g/mol. The number of hydrogen-bond donors (Lipinski definition) is 0. The summed E-state index contributed by atoms with van der Waals surface area (Å²) in [4.78, 5) is 12.0. The second-order valence-corrected chi connectivity index (χ2v) is 22.2. The van der Waals surface area contributed by atoms with E-state index in [4.69, 9.17) is 8.85 Å². The zero-order valence-electron chi connectivity index (χ0n) is 23.8. The van der Waals surface area contributed by atoms with Crippen LogP contribution in [0.3, 0.4) is 0 Å². The zero-order chi connectivity index (χ0) is 25.7. The van der Waals surface area contributed by atoms with Gasteiger partial charge in [0.25, 0.3) is 0 Å². The number of unbranched alkanes of at least 4 members (excludes halogenated alkanes) is 2. The van der Waals surface area contributed by atoms with Crippen molar-refractivity contribution in [1.82, 2.24) is 0 Å². The maximum absolute atomic E-state index is 12.0. The van der Waals surface area contributed by atoms with Crippen LogP contribution >= 0.6 is 0 Å². The van der Waals surface area contributed by atoms with Crippen molar-refractivity contribution in [1.29, 1.82) is 0 Å². The van der Waals surface area contributed by atoms with Gasteiger partial charge in [-0.05, 0) is 67.2 Å². The largest absolute Gasteiger partial charge is 0.543 e. The topological polar surface area (TPSA) is 35.5 Å². The molecule has 0 spiro atoms. The number of carbonyl (C=O) groups is 1. The van der Waals surface area contributed by atoms with Gasteiger partial charge in [-0.15, -0.1) is 0 Å². The summed E-state index contributed by atoms with van der Waals surface area (Å²) < 4.78 is 13.9. The molecule has 0 bridgehead atoms. The van der Waals surface area contributed by atoms with Gasteiger partial charge in [0, 0.05) is 11.1 Å². The van der Waals surface area contributed by atoms with Gasteiger partial charge in [-0.2, -0.15) is 0 Å². The molecule has 1 aromatic rings. The van der Waals surface area contributed by atoms with Gasteiger partial charge in [-0.25, -0.2) is 0 Å². The Balaban J connectivity index is 3.81. The first kappa shape index (κ1) is 30.0. The molecule has 0 atom stereocenters. The van der Waals surface area contributed by atoms with Crippen molar-refractivity contribution in [2.24, 2.45) is 0 Å². The molecule has 0 aliphatic rings. The van der Waals surface area contributed by atoms with Crippen molar-refractivity contribution in [2.45, 2.75) is 136 Å². The number of hydrogen-bond acceptors (Lipinski definition) is 3. The third-order valence-electron chi connectivity index (χ3n) is 7.83. The predicted molar refractivity (Wildman–Crippen MR) is 149 cm³/mol. The number of rotatable bonds is 12. The summed E-state index contributed by atoms with van der Waals surface area (Å²) in [5.74, 6) is 2.15. The average molecular weight is 493 g/mol. The SMILES string of the molecule is CCCCC(CCCC)c1c(O[Si](C)(C)C(C)(C)C)cc(C=O)cc1O[Si](C)(C)C(C)(C)C. The molecule has 1 rings (SSSR count). The van der Waals surface area contributed by atoms with Crippen molar-refractivity contribution in [2.75, 3.05) is 0 Å². The van der Waals surface area contributed by atoms with E-state index in [-0.39, 0.29) is 10.1 Å². The molecule has 5 heteroatoms. The Morgan fingerprint density at radius 3 is 1.42 bits per heavy atom. The summed E-state index contributed by atoms with van der Waals surface area (Å²) in [6.07, 6.45) is 7.90. The minimum Gasteiger partial charge on any atom is -0.543 e. The summed E-state index contributed by atoms with van der Waals surface area (Å²) in [6, 6.07) is 3.96. The Bertz CT molecular complexity index is 713. The molecule has 0 radical (unpaired) electrons. The molecule has 3 nitrogen and oxygen atoms in total. The highest BCUT2D eigenvalue weighted by Crippen LogP contribution is 2.47. The van der Waals surface area contributed by atoms with Crippen LogP contribution in [0.4, 0.5) is 0 Å². The first-order chi connectivity index (χ1) is 15.0. The lowest BCUT2D eigenvalue weighted by molar-refractivity contribution is 0.112. The van der Waals surface area contributed by atoms with Gasteiger partial charge in [0.15, 0.2) is 0 Å². The van der Waals surface area contributed by atoms with Crippen LogP contribution in [-0.2, 0) is 0 Å². The molecule has 0 heterocycles. The molecule has 0 N–H and O–H groups in total. The predicted octanol–water partition coefficient (Wildman–Crippen LogP) is 9.73. The average Bonchev–Trinajstić information content (AvgIpc) is 2.66. The Morgan fingerprint density at radius 2 is 1.15 bits per heavy atom. The number of aldehydes is 1. The molecule has 33 heavy (non-hydrogen) atoms. The Labute approximate surface area is 207 Å². The highest BCUT2D eigenvalue weighted by molar-refractivity contribution is 6.75. The second kappa shape index (κ2) is 11.6. The van der Waals surface area contributed by atoms with E-state index < -0.39 is 16.6 Å². The summed E-state index contributed by atoms with van der Waals surface area (Å²) in [7, 11) is -4.20. The van der Waals surface area contributed by atoms with E-state index in [0.29, 0.717) is 11.5 Å². The molecular formula is C28H52O3Si2. The van der Waals surface area contributed by atoms with Crippen LogP contribution in [0, 0.1) is 0 Å². The van der Waals surface area contributed by atoms with Crippen LogP contribution in [0.5, 0.6) is 11.5 Å². The fourth-order valence-corrected chi connectivity index (χ4v) is 5.50. The van der Waals surface area contributed by atoms with Crippen LogP contribution in [0.15, 0.2) is 12.1 Å². The Kier molecular flexibility index (Phi) is 10.5. The quantitative estimate of drug-likeness (QED) is 0.215. The Hall–Kier alpha value is -1.08. The van der Waals surface area contributed by atoms with Gasteiger partial charge in [-0.1, -0.05) is 81.1 Å². The first-order valence-electron chi connectivity index (χ1n) is 13.0. The number of benzene rings is 1. The van der Waals surface area contributed by atoms with Gasteiger partial charge in [-0.3, -0.25) is 4.79 Å². The van der Waals surface area contributed by atoms with Crippen molar-refractivity contribution in [3.05, 3.63) is 23.3 Å². The highest BCUT2D eigenvalue weighted by atomic mass is 28.4. The van der Waals surface area contributed by atoms with E-state index in [1.165, 1.54) is 31.2 Å². The lowest BCUT2D eigenvalue weighted by Gasteiger charge is -2.40. The molecule has 0 aliphatic heterocycles. The maximum atomic E-state index is 12.0. The van der Waals surface area contributed by atoms with Crippen molar-refractivity contribution in [3.8, 4) is 11.5 Å². The van der Waals surface area contributed by atoms with E-state index >= 15 is 0 Å². The molecule has 1 aromatic carbocycles. The van der Waals surface area contributed by atoms with Crippen molar-refractivity contribution < 1.29 is 13.6 Å². The summed E-state index contributed by atoms with van der Waals surface area (Å²) in [5.41, 5.74) is 1.85. The van der Waals surface area contributed by atoms with E-state index in [1.54, 1.807) is 0 Å². The van der Waals surface area contributed by atoms with Crippen LogP contribution in [-0.4, -0.2) is 22.9 Å². The fraction of sp³-hybridized carbons (Fsp3) is 0.750. The highest BCUT2D eigenvalue weighted by Gasteiger charge is 2.42. The zero-order valence-corrected chi connectivity index (χ0v) is 25.8. The van der Waals surface area contributed by atoms with E-state index in [2.05, 4.69) is 81.6 Å². The van der Waals surface area contributed by atoms with Crippen LogP contribution in [0.1, 0.15) is 116 Å². The Morgan fingerprint density at radius 1 is 0.788 bits per heavy atom. The molecule has 190 valence electrons. The van der Waals surface area contributed by atoms with Crippen molar-refractivity contribution in [3.63, 3.8) is 0 Å². The molecule has 0 fully saturated rings. The van der Waals surface area contributed by atoms with Gasteiger partial charge in [0.05, 0.1) is 0 Å². The maximum Gasteiger partial charge on any atom is 0.250 e. The van der Waals surface area contributed by atoms with Gasteiger partial charge in [0.2, 0.25) is 16.6 Å². The van der Waals surface area contributed by atoms with E-state index in [9.17, 15) is 4.79 Å². The summed E-state index contributed by atoms with van der Waals surface area (Å²) in [5, 5.41) is 0.147. The molecule has 0 unspecified atom stereocenters. The lowest BCUT2D eigenvalue weighted by atomic mass is 9.87. The summed E-state index contributed by atoms with van der Waals surface area (Å²) >= 11 is 0. The molecule has 0 amide bonds. The molecule has 0 saturated carbocycles. The minimum atomic E-state index is -2.10. The third-order valence-corrected chi connectivity index (χ3v) is 16.5. The van der Waals surface area contributed by atoms with Crippen LogP contribution < -0.4 is 8.85 Å². The molecule has 0 saturated heterocycles. The van der Waals surface area contributed by atoms with Gasteiger partial charge in [0.1, 0.15) is 17.8 Å². The number of carbonyl (C=O) groups excluding carboxylic acids is 1. The first-order valence-corrected chi connectivity index (χ1v) is 18.8. The van der Waals surface area contributed by atoms with Crippen LogP contribution in [0.25, 0.3) is 0 Å². The van der Waals surface area contributed by atoms with Gasteiger partial charge < -0.3 is 8.85 Å². The minimum absolute atomic E-state index is 0.0736. The second-order valence-electron chi connectivity index (χ2n) is 12.8. The van der Waals surface area contributed by atoms with Gasteiger partial charge >= 0.3 is 0 Å². The smallest absolute Gasteiger partial charge is 0.250 e. The lowest BCUT2D eigenvalue weighted by Crippen LogP contribution is -2.45. The van der Waals surface area contributed by atoms with Crippen LogP contribution in [0.2, 0.25) is 36.3 Å². The normalized spacial score (nSPS) is 13.4. The fourth-order valence-electron chi connectivity index (χ4n) is 3.45. The van der Waals surface area contributed by atoms with E-state index in [0.717, 1.165) is 30.6 Å². The third kappa shape index (κ3) is 7.98. The van der Waals surface area contributed by atoms with E-state index in [1.807, 2.05) is 12.1 Å². The monoisotopic (exact) mass is 492 g/mol. The van der Waals surface area contributed by atoms with Crippen molar-refractivity contribution >= 4 is 22.9 Å². The molecule has 0 aliphatic carbocycles. The molecule has 0 aromatic heterocycles.